The highest BCUT2D eigenvalue weighted by Gasteiger charge is 2.17. The fourth-order valence-electron chi connectivity index (χ4n) is 2.18. The first-order chi connectivity index (χ1) is 12.1. The first-order valence-electron chi connectivity index (χ1n) is 7.78. The zero-order chi connectivity index (χ0) is 17.6. The van der Waals surface area contributed by atoms with Crippen LogP contribution in [0.4, 0.5) is 0 Å². The van der Waals surface area contributed by atoms with Crippen LogP contribution in [0.2, 0.25) is 5.02 Å². The third kappa shape index (κ3) is 4.84. The number of aromatic nitrogens is 3. The highest BCUT2D eigenvalue weighted by molar-refractivity contribution is 8.00. The molecular formula is C18H17ClN4OS. The van der Waals surface area contributed by atoms with Crippen LogP contribution in [0.25, 0.3) is 11.4 Å². The number of hydrogen-bond acceptors (Lipinski definition) is 4. The molecule has 0 radical (unpaired) electrons. The fraction of sp³-hybridized carbons (Fsp3) is 0.167. The van der Waals surface area contributed by atoms with E-state index in [0.717, 1.165) is 11.1 Å². The van der Waals surface area contributed by atoms with E-state index in [-0.39, 0.29) is 11.2 Å². The number of thioether (sulfide) groups is 1. The quantitative estimate of drug-likeness (QED) is 0.643. The molecule has 0 aliphatic rings. The topological polar surface area (TPSA) is 70.7 Å². The van der Waals surface area contributed by atoms with Gasteiger partial charge in [0.25, 0.3) is 0 Å². The minimum absolute atomic E-state index is 0.0494. The third-order valence-electron chi connectivity index (χ3n) is 3.54. The zero-order valence-corrected chi connectivity index (χ0v) is 15.1. The standard InChI is InChI=1S/C18H17ClN4OS/c1-12(17(24)20-11-13-5-3-2-4-6-13)25-18-21-16(22-23-18)14-7-9-15(19)10-8-14/h2-10,12H,11H2,1H3,(H,20,24)(H,21,22,23). The zero-order valence-electron chi connectivity index (χ0n) is 13.6. The first-order valence-corrected chi connectivity index (χ1v) is 9.04. The molecule has 1 amide bonds. The van der Waals surface area contributed by atoms with Crippen molar-refractivity contribution in [3.63, 3.8) is 0 Å². The number of rotatable bonds is 6. The van der Waals surface area contributed by atoms with Gasteiger partial charge in [-0.25, -0.2) is 4.98 Å². The maximum atomic E-state index is 12.2. The SMILES string of the molecule is CC(Sc1n[nH]c(-c2ccc(Cl)cc2)n1)C(=O)NCc1ccccc1. The van der Waals surface area contributed by atoms with Crippen molar-refractivity contribution < 1.29 is 4.79 Å². The Morgan fingerprint density at radius 1 is 1.20 bits per heavy atom. The number of nitrogens with zero attached hydrogens (tertiary/aromatic N) is 2. The number of carbonyl (C=O) groups excluding carboxylic acids is 1. The third-order valence-corrected chi connectivity index (χ3v) is 4.76. The molecule has 0 aliphatic heterocycles. The molecule has 25 heavy (non-hydrogen) atoms. The molecule has 2 N–H and O–H groups in total. The van der Waals surface area contributed by atoms with Crippen LogP contribution in [0, 0.1) is 0 Å². The van der Waals surface area contributed by atoms with E-state index in [1.54, 1.807) is 12.1 Å². The predicted molar refractivity (Wildman–Crippen MR) is 100 cm³/mol. The van der Waals surface area contributed by atoms with Gasteiger partial charge in [0.1, 0.15) is 0 Å². The lowest BCUT2D eigenvalue weighted by molar-refractivity contribution is -0.120. The van der Waals surface area contributed by atoms with Gasteiger partial charge in [0.05, 0.1) is 5.25 Å². The van der Waals surface area contributed by atoms with Gasteiger partial charge in [-0.05, 0) is 36.8 Å². The molecule has 0 fully saturated rings. The Bertz CT molecular complexity index is 836. The van der Waals surface area contributed by atoms with Crippen LogP contribution >= 0.6 is 23.4 Å². The summed E-state index contributed by atoms with van der Waals surface area (Å²) >= 11 is 7.20. The van der Waals surface area contributed by atoms with Gasteiger partial charge in [0, 0.05) is 17.1 Å². The molecule has 3 rings (SSSR count). The number of nitrogens with one attached hydrogen (secondary N) is 2. The number of amides is 1. The number of halogens is 1. The van der Waals surface area contributed by atoms with E-state index in [1.807, 2.05) is 49.4 Å². The number of H-pyrrole nitrogens is 1. The molecule has 1 atom stereocenters. The minimum Gasteiger partial charge on any atom is -0.351 e. The number of aromatic amines is 1. The summed E-state index contributed by atoms with van der Waals surface area (Å²) in [5, 5.41) is 10.9. The van der Waals surface area contributed by atoms with E-state index >= 15 is 0 Å². The van der Waals surface area contributed by atoms with Crippen LogP contribution in [0.5, 0.6) is 0 Å². The van der Waals surface area contributed by atoms with Gasteiger partial charge in [0.15, 0.2) is 5.82 Å². The Morgan fingerprint density at radius 2 is 1.92 bits per heavy atom. The number of benzene rings is 2. The van der Waals surface area contributed by atoms with Crippen LogP contribution in [0.3, 0.4) is 0 Å². The molecule has 1 aromatic heterocycles. The Hall–Kier alpha value is -2.31. The summed E-state index contributed by atoms with van der Waals surface area (Å²) < 4.78 is 0. The lowest BCUT2D eigenvalue weighted by Crippen LogP contribution is -2.30. The largest absolute Gasteiger partial charge is 0.351 e. The molecule has 2 aromatic carbocycles. The van der Waals surface area contributed by atoms with Crippen LogP contribution < -0.4 is 5.32 Å². The van der Waals surface area contributed by atoms with Gasteiger partial charge in [-0.15, -0.1) is 5.10 Å². The van der Waals surface area contributed by atoms with Crippen molar-refractivity contribution in [1.29, 1.82) is 0 Å². The molecule has 1 unspecified atom stereocenters. The molecule has 5 nitrogen and oxygen atoms in total. The Morgan fingerprint density at radius 3 is 2.64 bits per heavy atom. The molecule has 0 saturated heterocycles. The van der Waals surface area contributed by atoms with E-state index in [0.29, 0.717) is 22.5 Å². The van der Waals surface area contributed by atoms with Crippen molar-refractivity contribution >= 4 is 29.3 Å². The fourth-order valence-corrected chi connectivity index (χ4v) is 3.05. The van der Waals surface area contributed by atoms with E-state index in [9.17, 15) is 4.79 Å². The highest BCUT2D eigenvalue weighted by atomic mass is 35.5. The van der Waals surface area contributed by atoms with E-state index in [1.165, 1.54) is 11.8 Å². The van der Waals surface area contributed by atoms with Crippen molar-refractivity contribution in [3.8, 4) is 11.4 Å². The summed E-state index contributed by atoms with van der Waals surface area (Å²) in [5.41, 5.74) is 1.96. The summed E-state index contributed by atoms with van der Waals surface area (Å²) in [6.07, 6.45) is 0. The summed E-state index contributed by atoms with van der Waals surface area (Å²) in [7, 11) is 0. The van der Waals surface area contributed by atoms with Crippen molar-refractivity contribution in [2.24, 2.45) is 0 Å². The van der Waals surface area contributed by atoms with E-state index in [4.69, 9.17) is 11.6 Å². The van der Waals surface area contributed by atoms with Crippen molar-refractivity contribution in [1.82, 2.24) is 20.5 Å². The van der Waals surface area contributed by atoms with Crippen molar-refractivity contribution in [2.75, 3.05) is 0 Å². The Kier molecular flexibility index (Phi) is 5.73. The van der Waals surface area contributed by atoms with Gasteiger partial charge < -0.3 is 5.32 Å². The Labute approximate surface area is 155 Å². The highest BCUT2D eigenvalue weighted by Crippen LogP contribution is 2.23. The van der Waals surface area contributed by atoms with Crippen LogP contribution in [0.15, 0.2) is 59.8 Å². The second-order valence-corrected chi connectivity index (χ2v) is 7.18. The molecule has 7 heteroatoms. The predicted octanol–water partition coefficient (Wildman–Crippen LogP) is 3.92. The number of carbonyl (C=O) groups is 1. The van der Waals surface area contributed by atoms with E-state index in [2.05, 4.69) is 20.5 Å². The van der Waals surface area contributed by atoms with E-state index < -0.39 is 0 Å². The molecule has 0 aliphatic carbocycles. The molecule has 0 spiro atoms. The minimum atomic E-state index is -0.294. The van der Waals surface area contributed by atoms with Gasteiger partial charge in [-0.3, -0.25) is 9.89 Å². The summed E-state index contributed by atoms with van der Waals surface area (Å²) in [5.74, 6) is 0.600. The number of hydrogen-bond donors (Lipinski definition) is 2. The second kappa shape index (κ2) is 8.18. The lowest BCUT2D eigenvalue weighted by Gasteiger charge is -2.10. The van der Waals surface area contributed by atoms with Gasteiger partial charge >= 0.3 is 0 Å². The van der Waals surface area contributed by atoms with Gasteiger partial charge in [-0.1, -0.05) is 53.7 Å². The summed E-state index contributed by atoms with van der Waals surface area (Å²) in [4.78, 5) is 16.6. The normalized spacial score (nSPS) is 11.9. The molecule has 0 bridgehead atoms. The molecular weight excluding hydrogens is 356 g/mol. The van der Waals surface area contributed by atoms with Gasteiger partial charge in [-0.2, -0.15) is 0 Å². The van der Waals surface area contributed by atoms with Crippen LogP contribution in [-0.4, -0.2) is 26.3 Å². The first kappa shape index (κ1) is 17.5. The average molecular weight is 373 g/mol. The van der Waals surface area contributed by atoms with Gasteiger partial charge in [0.2, 0.25) is 11.1 Å². The lowest BCUT2D eigenvalue weighted by atomic mass is 10.2. The summed E-state index contributed by atoms with van der Waals surface area (Å²) in [6.45, 7) is 2.35. The monoisotopic (exact) mass is 372 g/mol. The van der Waals surface area contributed by atoms with Crippen LogP contribution in [-0.2, 0) is 11.3 Å². The van der Waals surface area contributed by atoms with Crippen molar-refractivity contribution in [3.05, 3.63) is 65.2 Å². The van der Waals surface area contributed by atoms with Crippen LogP contribution in [0.1, 0.15) is 12.5 Å². The second-order valence-electron chi connectivity index (χ2n) is 5.44. The van der Waals surface area contributed by atoms with Crippen molar-refractivity contribution in [2.45, 2.75) is 23.9 Å². The molecule has 128 valence electrons. The molecule has 0 saturated carbocycles. The molecule has 3 aromatic rings. The smallest absolute Gasteiger partial charge is 0.233 e. The maximum absolute atomic E-state index is 12.2. The maximum Gasteiger partial charge on any atom is 0.233 e. The Balaban J connectivity index is 1.56. The summed E-state index contributed by atoms with van der Waals surface area (Å²) in [6, 6.07) is 17.1. The average Bonchev–Trinajstić information content (AvgIpc) is 3.09. The molecule has 1 heterocycles.